The highest BCUT2D eigenvalue weighted by Gasteiger charge is 2.21. The van der Waals surface area contributed by atoms with Crippen molar-refractivity contribution in [3.05, 3.63) is 34.9 Å². The Labute approximate surface area is 119 Å². The van der Waals surface area contributed by atoms with Crippen molar-refractivity contribution in [1.29, 1.82) is 0 Å². The van der Waals surface area contributed by atoms with Crippen molar-refractivity contribution in [2.75, 3.05) is 20.6 Å². The average molecular weight is 284 g/mol. The summed E-state index contributed by atoms with van der Waals surface area (Å²) in [6, 6.07) is 7.72. The van der Waals surface area contributed by atoms with E-state index in [0.717, 1.165) is 5.56 Å². The van der Waals surface area contributed by atoms with Gasteiger partial charge in [0.05, 0.1) is 0 Å². The number of benzene rings is 1. The van der Waals surface area contributed by atoms with Crippen LogP contribution in [0.25, 0.3) is 0 Å². The highest BCUT2D eigenvalue weighted by atomic mass is 35.5. The van der Waals surface area contributed by atoms with Gasteiger partial charge in [-0.3, -0.25) is 9.69 Å². The zero-order valence-corrected chi connectivity index (χ0v) is 12.4. The normalized spacial score (nSPS) is 14.2. The number of carbonyl (C=O) groups is 1. The summed E-state index contributed by atoms with van der Waals surface area (Å²) in [6.07, 6.45) is 0.462. The van der Waals surface area contributed by atoms with E-state index in [0.29, 0.717) is 18.0 Å². The van der Waals surface area contributed by atoms with Crippen LogP contribution in [0.2, 0.25) is 5.02 Å². The molecule has 1 rings (SSSR count). The number of amides is 1. The van der Waals surface area contributed by atoms with E-state index in [2.05, 4.69) is 10.2 Å². The fourth-order valence-electron chi connectivity index (χ4n) is 2.16. The fraction of sp³-hybridized carbons (Fsp3) is 0.500. The molecule has 0 aliphatic rings. The summed E-state index contributed by atoms with van der Waals surface area (Å²) in [5.41, 5.74) is 7.18. The van der Waals surface area contributed by atoms with Crippen molar-refractivity contribution >= 4 is 17.5 Å². The van der Waals surface area contributed by atoms with E-state index in [9.17, 15) is 4.79 Å². The van der Waals surface area contributed by atoms with Crippen LogP contribution in [-0.4, -0.2) is 37.5 Å². The van der Waals surface area contributed by atoms with E-state index in [1.54, 1.807) is 7.05 Å². The summed E-state index contributed by atoms with van der Waals surface area (Å²) < 4.78 is 0. The monoisotopic (exact) mass is 283 g/mol. The number of likely N-dealkylation sites (N-methyl/N-ethyl adjacent to an activating group) is 1. The maximum absolute atomic E-state index is 11.3. The minimum atomic E-state index is -0.0316. The van der Waals surface area contributed by atoms with Crippen LogP contribution in [0, 0.1) is 0 Å². The van der Waals surface area contributed by atoms with Crippen LogP contribution in [0.3, 0.4) is 0 Å². The molecule has 0 saturated heterocycles. The van der Waals surface area contributed by atoms with Crippen LogP contribution in [-0.2, 0) is 4.79 Å². The van der Waals surface area contributed by atoms with E-state index in [1.165, 1.54) is 0 Å². The van der Waals surface area contributed by atoms with Gasteiger partial charge in [-0.25, -0.2) is 0 Å². The maximum atomic E-state index is 11.3. The van der Waals surface area contributed by atoms with Gasteiger partial charge in [-0.05, 0) is 31.7 Å². The number of hydrogen-bond acceptors (Lipinski definition) is 3. The number of nitrogens with zero attached hydrogens (tertiary/aromatic N) is 1. The van der Waals surface area contributed by atoms with Crippen molar-refractivity contribution in [2.24, 2.45) is 5.73 Å². The first-order chi connectivity index (χ1) is 8.95. The third-order valence-corrected chi connectivity index (χ3v) is 3.41. The molecule has 2 unspecified atom stereocenters. The van der Waals surface area contributed by atoms with Crippen molar-refractivity contribution in [2.45, 2.75) is 25.4 Å². The fourth-order valence-corrected chi connectivity index (χ4v) is 2.29. The van der Waals surface area contributed by atoms with Gasteiger partial charge in [0.15, 0.2) is 0 Å². The number of nitrogens with two attached hydrogens (primary N) is 1. The molecular formula is C14H22ClN3O. The smallest absolute Gasteiger partial charge is 0.221 e. The average Bonchev–Trinajstić information content (AvgIpc) is 2.38. The Kier molecular flexibility index (Phi) is 6.28. The molecule has 3 N–H and O–H groups in total. The van der Waals surface area contributed by atoms with Gasteiger partial charge in [-0.1, -0.05) is 23.7 Å². The van der Waals surface area contributed by atoms with Crippen LogP contribution >= 0.6 is 11.6 Å². The Morgan fingerprint density at radius 3 is 2.47 bits per heavy atom. The first-order valence-corrected chi connectivity index (χ1v) is 6.75. The van der Waals surface area contributed by atoms with Crippen LogP contribution in [0.1, 0.15) is 24.9 Å². The molecule has 0 aliphatic heterocycles. The van der Waals surface area contributed by atoms with Gasteiger partial charge < -0.3 is 11.1 Å². The van der Waals surface area contributed by atoms with Gasteiger partial charge in [0.1, 0.15) is 0 Å². The summed E-state index contributed by atoms with van der Waals surface area (Å²) in [6.45, 7) is 2.63. The van der Waals surface area contributed by atoms with Gasteiger partial charge in [0.25, 0.3) is 0 Å². The number of rotatable bonds is 6. The highest BCUT2D eigenvalue weighted by molar-refractivity contribution is 6.30. The lowest BCUT2D eigenvalue weighted by molar-refractivity contribution is -0.121. The molecule has 106 valence electrons. The summed E-state index contributed by atoms with van der Waals surface area (Å²) in [5.74, 6) is 0.0337. The quantitative estimate of drug-likeness (QED) is 0.837. The van der Waals surface area contributed by atoms with Gasteiger partial charge in [0, 0.05) is 37.1 Å². The molecule has 0 aliphatic carbocycles. The Bertz CT molecular complexity index is 406. The van der Waals surface area contributed by atoms with Crippen molar-refractivity contribution in [3.63, 3.8) is 0 Å². The molecule has 0 spiro atoms. The predicted octanol–water partition coefficient (Wildman–Crippen LogP) is 1.80. The molecule has 19 heavy (non-hydrogen) atoms. The minimum absolute atomic E-state index is 0.0316. The highest BCUT2D eigenvalue weighted by Crippen LogP contribution is 2.23. The molecule has 1 aromatic rings. The van der Waals surface area contributed by atoms with E-state index >= 15 is 0 Å². The number of halogens is 1. The molecule has 5 heteroatoms. The molecule has 0 radical (unpaired) electrons. The van der Waals surface area contributed by atoms with Crippen LogP contribution in [0.4, 0.5) is 0 Å². The summed E-state index contributed by atoms with van der Waals surface area (Å²) in [4.78, 5) is 13.4. The molecule has 4 nitrogen and oxygen atoms in total. The lowest BCUT2D eigenvalue weighted by Crippen LogP contribution is -2.38. The second-order valence-electron chi connectivity index (χ2n) is 4.76. The molecule has 0 aromatic heterocycles. The van der Waals surface area contributed by atoms with Crippen molar-refractivity contribution in [3.8, 4) is 0 Å². The second kappa shape index (κ2) is 7.48. The largest absolute Gasteiger partial charge is 0.359 e. The van der Waals surface area contributed by atoms with Gasteiger partial charge in [0.2, 0.25) is 5.91 Å². The number of carbonyl (C=O) groups excluding carboxylic acids is 1. The molecule has 1 amide bonds. The summed E-state index contributed by atoms with van der Waals surface area (Å²) in [5, 5.41) is 3.33. The standard InChI is InChI=1S/C14H22ClN3O/c1-10(16)14(11-4-6-12(15)7-5-11)18(3)9-8-13(19)17-2/h4-7,10,14H,8-9,16H2,1-3H3,(H,17,19). The summed E-state index contributed by atoms with van der Waals surface area (Å²) >= 11 is 5.90. The van der Waals surface area contributed by atoms with Crippen molar-refractivity contribution in [1.82, 2.24) is 10.2 Å². The van der Waals surface area contributed by atoms with Crippen molar-refractivity contribution < 1.29 is 4.79 Å². The zero-order valence-electron chi connectivity index (χ0n) is 11.7. The number of hydrogen-bond donors (Lipinski definition) is 2. The molecule has 0 saturated carbocycles. The van der Waals surface area contributed by atoms with Crippen LogP contribution in [0.5, 0.6) is 0 Å². The molecular weight excluding hydrogens is 262 g/mol. The van der Waals surface area contributed by atoms with Gasteiger partial charge in [-0.2, -0.15) is 0 Å². The predicted molar refractivity (Wildman–Crippen MR) is 79.2 cm³/mol. The molecule has 0 fully saturated rings. The molecule has 1 aromatic carbocycles. The third kappa shape index (κ3) is 4.82. The van der Waals surface area contributed by atoms with Crippen LogP contribution < -0.4 is 11.1 Å². The first-order valence-electron chi connectivity index (χ1n) is 6.37. The SMILES string of the molecule is CNC(=O)CCN(C)C(c1ccc(Cl)cc1)C(C)N. The zero-order chi connectivity index (χ0) is 14.4. The summed E-state index contributed by atoms with van der Waals surface area (Å²) in [7, 11) is 3.62. The van der Waals surface area contributed by atoms with Crippen LogP contribution in [0.15, 0.2) is 24.3 Å². The molecule has 0 bridgehead atoms. The van der Waals surface area contributed by atoms with E-state index in [-0.39, 0.29) is 18.0 Å². The lowest BCUT2D eigenvalue weighted by atomic mass is 9.99. The van der Waals surface area contributed by atoms with Gasteiger partial charge >= 0.3 is 0 Å². The Morgan fingerprint density at radius 2 is 2.00 bits per heavy atom. The van der Waals surface area contributed by atoms with E-state index in [1.807, 2.05) is 38.2 Å². The van der Waals surface area contributed by atoms with E-state index < -0.39 is 0 Å². The molecule has 0 heterocycles. The second-order valence-corrected chi connectivity index (χ2v) is 5.20. The van der Waals surface area contributed by atoms with Gasteiger partial charge in [-0.15, -0.1) is 0 Å². The Hall–Kier alpha value is -1.10. The molecule has 2 atom stereocenters. The third-order valence-electron chi connectivity index (χ3n) is 3.15. The Morgan fingerprint density at radius 1 is 1.42 bits per heavy atom. The Balaban J connectivity index is 2.76. The van der Waals surface area contributed by atoms with E-state index in [4.69, 9.17) is 17.3 Å². The minimum Gasteiger partial charge on any atom is -0.359 e. The number of nitrogens with one attached hydrogen (secondary N) is 1. The lowest BCUT2D eigenvalue weighted by Gasteiger charge is -2.31. The maximum Gasteiger partial charge on any atom is 0.221 e. The first kappa shape index (κ1) is 16.0. The topological polar surface area (TPSA) is 58.4 Å².